The number of benzene rings is 7. The van der Waals surface area contributed by atoms with Gasteiger partial charge >= 0.3 is 0 Å². The number of imidazole rings is 1. The van der Waals surface area contributed by atoms with E-state index in [1.807, 2.05) is 54.7 Å². The van der Waals surface area contributed by atoms with Crippen LogP contribution in [0.2, 0.25) is 0 Å². The van der Waals surface area contributed by atoms with E-state index >= 15 is 0 Å². The third-order valence-electron chi connectivity index (χ3n) is 10.1. The van der Waals surface area contributed by atoms with Gasteiger partial charge in [-0.15, -0.1) is 0 Å². The second-order valence-corrected chi connectivity index (χ2v) is 13.5. The van der Waals surface area contributed by atoms with Crippen molar-refractivity contribution in [2.24, 2.45) is 0 Å². The lowest BCUT2D eigenvalue weighted by atomic mass is 9.93. The monoisotopic (exact) mass is 703 g/mol. The Morgan fingerprint density at radius 1 is 0.364 bits per heavy atom. The second-order valence-electron chi connectivity index (χ2n) is 13.5. The van der Waals surface area contributed by atoms with E-state index in [1.54, 1.807) is 0 Å². The van der Waals surface area contributed by atoms with Crippen LogP contribution >= 0.6 is 0 Å². The van der Waals surface area contributed by atoms with Crippen LogP contribution in [0, 0.1) is 0 Å². The highest BCUT2D eigenvalue weighted by atomic mass is 15.1. The average Bonchev–Trinajstić information content (AvgIpc) is 3.67. The van der Waals surface area contributed by atoms with Gasteiger partial charge in [-0.1, -0.05) is 152 Å². The minimum absolute atomic E-state index is 0.708. The Labute approximate surface area is 318 Å². The zero-order chi connectivity index (χ0) is 36.6. The number of para-hydroxylation sites is 3. The summed E-state index contributed by atoms with van der Waals surface area (Å²) < 4.78 is 2.20. The van der Waals surface area contributed by atoms with Crippen LogP contribution in [0.1, 0.15) is 0 Å². The van der Waals surface area contributed by atoms with Gasteiger partial charge < -0.3 is 0 Å². The highest BCUT2D eigenvalue weighted by Gasteiger charge is 2.17. The Balaban J connectivity index is 0.998. The molecule has 0 saturated carbocycles. The van der Waals surface area contributed by atoms with Gasteiger partial charge in [0.1, 0.15) is 5.82 Å². The van der Waals surface area contributed by atoms with E-state index in [0.717, 1.165) is 84.0 Å². The van der Waals surface area contributed by atoms with Crippen LogP contribution in [0.15, 0.2) is 200 Å². The minimum atomic E-state index is 0.708. The molecule has 7 aromatic carbocycles. The molecule has 0 aliphatic rings. The van der Waals surface area contributed by atoms with Crippen molar-refractivity contribution in [3.63, 3.8) is 0 Å². The maximum absolute atomic E-state index is 5.03. The van der Waals surface area contributed by atoms with Gasteiger partial charge in [-0.25, -0.2) is 15.0 Å². The molecule has 0 saturated heterocycles. The largest absolute Gasteiger partial charge is 0.292 e. The molecule has 3 heterocycles. The summed E-state index contributed by atoms with van der Waals surface area (Å²) >= 11 is 0. The molecule has 0 spiro atoms. The van der Waals surface area contributed by atoms with E-state index in [-0.39, 0.29) is 0 Å². The van der Waals surface area contributed by atoms with E-state index in [9.17, 15) is 0 Å². The molecule has 0 bridgehead atoms. The predicted molar refractivity (Wildman–Crippen MR) is 225 cm³/mol. The fourth-order valence-electron chi connectivity index (χ4n) is 7.41. The number of hydrogen-bond donors (Lipinski definition) is 0. The third-order valence-corrected chi connectivity index (χ3v) is 10.1. The first kappa shape index (κ1) is 32.2. The van der Waals surface area contributed by atoms with Crippen LogP contribution in [0.4, 0.5) is 0 Å². The molecule has 0 amide bonds. The maximum atomic E-state index is 5.03. The normalized spacial score (nSPS) is 11.3. The van der Waals surface area contributed by atoms with Gasteiger partial charge in [-0.05, 0) is 64.4 Å². The van der Waals surface area contributed by atoms with Gasteiger partial charge in [-0.3, -0.25) is 9.55 Å². The molecule has 0 aliphatic carbocycles. The van der Waals surface area contributed by atoms with Crippen molar-refractivity contribution in [1.82, 2.24) is 24.5 Å². The summed E-state index contributed by atoms with van der Waals surface area (Å²) in [6.45, 7) is 0. The molecular formula is C50H33N5. The maximum Gasteiger partial charge on any atom is 0.160 e. The zero-order valence-electron chi connectivity index (χ0n) is 29.8. The summed E-state index contributed by atoms with van der Waals surface area (Å²) in [6, 6.07) is 67.1. The number of aromatic nitrogens is 5. The van der Waals surface area contributed by atoms with Gasteiger partial charge in [0, 0.05) is 39.7 Å². The molecule has 0 fully saturated rings. The first-order valence-electron chi connectivity index (χ1n) is 18.4. The van der Waals surface area contributed by atoms with E-state index in [2.05, 4.69) is 150 Å². The summed E-state index contributed by atoms with van der Waals surface area (Å²) in [6.07, 6.45) is 1.94. The Morgan fingerprint density at radius 2 is 0.909 bits per heavy atom. The summed E-state index contributed by atoms with van der Waals surface area (Å²) in [5, 5.41) is 2.32. The Bertz CT molecular complexity index is 2880. The van der Waals surface area contributed by atoms with Crippen LogP contribution in [-0.2, 0) is 0 Å². The quantitative estimate of drug-likeness (QED) is 0.166. The first-order chi connectivity index (χ1) is 27.3. The lowest BCUT2D eigenvalue weighted by Crippen LogP contribution is -1.98. The summed E-state index contributed by atoms with van der Waals surface area (Å²) in [5.41, 5.74) is 13.2. The van der Waals surface area contributed by atoms with E-state index in [0.29, 0.717) is 5.82 Å². The van der Waals surface area contributed by atoms with Crippen molar-refractivity contribution < 1.29 is 0 Å². The van der Waals surface area contributed by atoms with Crippen molar-refractivity contribution in [3.05, 3.63) is 200 Å². The predicted octanol–water partition coefficient (Wildman–Crippen LogP) is 12.4. The highest BCUT2D eigenvalue weighted by molar-refractivity contribution is 6.04. The first-order valence-corrected chi connectivity index (χ1v) is 18.4. The lowest BCUT2D eigenvalue weighted by molar-refractivity contribution is 1.10. The van der Waals surface area contributed by atoms with Gasteiger partial charge in [0.05, 0.1) is 28.1 Å². The van der Waals surface area contributed by atoms with Crippen LogP contribution in [0.3, 0.4) is 0 Å². The molecule has 0 unspecified atom stereocenters. The molecule has 10 aromatic rings. The molecule has 0 N–H and O–H groups in total. The number of pyridine rings is 1. The van der Waals surface area contributed by atoms with Crippen molar-refractivity contribution in [2.75, 3.05) is 0 Å². The smallest absolute Gasteiger partial charge is 0.160 e. The summed E-state index contributed by atoms with van der Waals surface area (Å²) in [4.78, 5) is 20.0. The number of hydrogen-bond acceptors (Lipinski definition) is 4. The van der Waals surface area contributed by atoms with E-state index in [4.69, 9.17) is 19.9 Å². The van der Waals surface area contributed by atoms with Crippen molar-refractivity contribution in [1.29, 1.82) is 0 Å². The molecule has 5 nitrogen and oxygen atoms in total. The molecule has 3 aromatic heterocycles. The second kappa shape index (κ2) is 13.8. The van der Waals surface area contributed by atoms with Crippen LogP contribution in [0.5, 0.6) is 0 Å². The van der Waals surface area contributed by atoms with Crippen LogP contribution in [0.25, 0.3) is 95.2 Å². The fraction of sp³-hybridized carbons (Fsp3) is 0. The molecular weight excluding hydrogens is 671 g/mol. The van der Waals surface area contributed by atoms with Crippen molar-refractivity contribution in [2.45, 2.75) is 0 Å². The Kier molecular flexibility index (Phi) is 8.08. The molecule has 0 atom stereocenters. The molecule has 10 rings (SSSR count). The summed E-state index contributed by atoms with van der Waals surface area (Å²) in [5.74, 6) is 1.57. The molecule has 55 heavy (non-hydrogen) atoms. The van der Waals surface area contributed by atoms with E-state index in [1.165, 1.54) is 5.39 Å². The number of nitrogens with zero attached hydrogens (tertiary/aromatic N) is 5. The lowest BCUT2D eigenvalue weighted by Gasteiger charge is -2.13. The van der Waals surface area contributed by atoms with Gasteiger partial charge in [0.2, 0.25) is 0 Å². The molecule has 5 heteroatoms. The molecule has 0 radical (unpaired) electrons. The highest BCUT2D eigenvalue weighted by Crippen LogP contribution is 2.37. The van der Waals surface area contributed by atoms with Crippen LogP contribution < -0.4 is 0 Å². The zero-order valence-corrected chi connectivity index (χ0v) is 29.8. The molecule has 0 aliphatic heterocycles. The fourth-order valence-corrected chi connectivity index (χ4v) is 7.41. The van der Waals surface area contributed by atoms with Gasteiger partial charge in [-0.2, -0.15) is 0 Å². The van der Waals surface area contributed by atoms with Crippen molar-refractivity contribution >= 4 is 21.8 Å². The Hall–Kier alpha value is -7.50. The number of rotatable bonds is 7. The van der Waals surface area contributed by atoms with Crippen molar-refractivity contribution in [3.8, 4) is 73.4 Å². The molecule has 258 valence electrons. The minimum Gasteiger partial charge on any atom is -0.292 e. The van der Waals surface area contributed by atoms with Gasteiger partial charge in [0.15, 0.2) is 5.82 Å². The van der Waals surface area contributed by atoms with Crippen LogP contribution in [-0.4, -0.2) is 24.5 Å². The number of fused-ring (bicyclic) bond motifs is 2. The third kappa shape index (κ3) is 6.04. The SMILES string of the molecule is c1ccc(-c2cc(-c3ccc(-c4ccc(-c5ccc(-c6nc7ccccc7n6-c6ccccc6)cn5)c5ccccc45)cc3)nc(-c3ccccc3)n2)cc1. The summed E-state index contributed by atoms with van der Waals surface area (Å²) in [7, 11) is 0. The van der Waals surface area contributed by atoms with Gasteiger partial charge in [0.25, 0.3) is 0 Å². The average molecular weight is 704 g/mol. The van der Waals surface area contributed by atoms with E-state index < -0.39 is 0 Å². The Morgan fingerprint density at radius 3 is 1.60 bits per heavy atom. The standard InChI is InChI=1S/C50H33N5/c1-4-14-35(15-5-1)46-32-47(53-49(52-46)37-16-6-2-7-17-37)36-26-24-34(25-27-36)40-29-30-43(42-21-11-10-20-41(40)42)44-31-28-38(33-51-44)50-54-45-22-12-13-23-48(45)55(50)39-18-8-3-9-19-39/h1-33H. The topological polar surface area (TPSA) is 56.5 Å².